The predicted octanol–water partition coefficient (Wildman–Crippen LogP) is 0.383. The average molecular weight is 287 g/mol. The van der Waals surface area contributed by atoms with Crippen molar-refractivity contribution in [2.24, 2.45) is 0 Å². The van der Waals surface area contributed by atoms with Crippen molar-refractivity contribution in [2.45, 2.75) is 31.2 Å². The molecule has 0 saturated heterocycles. The summed E-state index contributed by atoms with van der Waals surface area (Å²) in [6, 6.07) is 1.62. The van der Waals surface area contributed by atoms with Crippen molar-refractivity contribution in [3.63, 3.8) is 0 Å². The molecule has 7 heteroatoms. The molecule has 2 N–H and O–H groups in total. The van der Waals surface area contributed by atoms with Gasteiger partial charge in [0.1, 0.15) is 4.90 Å². The van der Waals surface area contributed by atoms with Crippen molar-refractivity contribution >= 4 is 10.0 Å². The van der Waals surface area contributed by atoms with Crippen molar-refractivity contribution in [2.75, 3.05) is 20.1 Å². The van der Waals surface area contributed by atoms with Gasteiger partial charge in [-0.3, -0.25) is 4.79 Å². The lowest BCUT2D eigenvalue weighted by atomic mass is 10.3. The van der Waals surface area contributed by atoms with Crippen LogP contribution in [-0.4, -0.2) is 44.5 Å². The van der Waals surface area contributed by atoms with E-state index in [1.807, 2.05) is 7.05 Å². The first kappa shape index (κ1) is 15.9. The Hall–Kier alpha value is -1.18. The molecule has 0 radical (unpaired) electrons. The molecular formula is C12H21N3O3S. The van der Waals surface area contributed by atoms with E-state index in [-0.39, 0.29) is 4.90 Å². The highest BCUT2D eigenvalue weighted by Gasteiger charge is 2.16. The number of hydrogen-bond acceptors (Lipinski definition) is 4. The van der Waals surface area contributed by atoms with Gasteiger partial charge in [0.2, 0.25) is 15.5 Å². The molecule has 1 rings (SSSR count). The summed E-state index contributed by atoms with van der Waals surface area (Å²) >= 11 is 0. The van der Waals surface area contributed by atoms with E-state index in [1.165, 1.54) is 18.5 Å². The van der Waals surface area contributed by atoms with Crippen LogP contribution in [0.2, 0.25) is 0 Å². The molecule has 0 unspecified atom stereocenters. The summed E-state index contributed by atoms with van der Waals surface area (Å²) in [6.07, 6.45) is 3.29. The molecular weight excluding hydrogens is 266 g/mol. The van der Waals surface area contributed by atoms with Gasteiger partial charge in [-0.1, -0.05) is 0 Å². The van der Waals surface area contributed by atoms with E-state index in [1.54, 1.807) is 0 Å². The van der Waals surface area contributed by atoms with Gasteiger partial charge in [-0.25, -0.2) is 13.1 Å². The van der Waals surface area contributed by atoms with Crippen LogP contribution >= 0.6 is 0 Å². The summed E-state index contributed by atoms with van der Waals surface area (Å²) in [7, 11) is -1.73. The van der Waals surface area contributed by atoms with Gasteiger partial charge in [0.15, 0.2) is 0 Å². The molecule has 0 aliphatic rings. The van der Waals surface area contributed by atoms with Crippen LogP contribution in [0, 0.1) is 0 Å². The zero-order chi connectivity index (χ0) is 14.5. The molecule has 0 bridgehead atoms. The Morgan fingerprint density at radius 2 is 2.11 bits per heavy atom. The first-order valence-electron chi connectivity index (χ1n) is 6.21. The number of aromatic nitrogens is 1. The number of rotatable bonds is 7. The fourth-order valence-electron chi connectivity index (χ4n) is 1.48. The number of pyridine rings is 1. The second-order valence-electron chi connectivity index (χ2n) is 4.70. The van der Waals surface area contributed by atoms with Gasteiger partial charge in [0.05, 0.1) is 0 Å². The minimum atomic E-state index is -3.72. The van der Waals surface area contributed by atoms with Gasteiger partial charge in [-0.15, -0.1) is 0 Å². The summed E-state index contributed by atoms with van der Waals surface area (Å²) in [5.41, 5.74) is -0.509. The molecule has 1 aromatic rings. The quantitative estimate of drug-likeness (QED) is 0.711. The maximum absolute atomic E-state index is 11.9. The Kier molecular flexibility index (Phi) is 5.71. The Balaban J connectivity index is 2.54. The summed E-state index contributed by atoms with van der Waals surface area (Å²) in [4.78, 5) is 15.9. The van der Waals surface area contributed by atoms with E-state index in [4.69, 9.17) is 0 Å². The molecule has 0 aliphatic carbocycles. The number of nitrogens with one attached hydrogen (secondary N) is 2. The summed E-state index contributed by atoms with van der Waals surface area (Å²) in [6.45, 7) is 5.26. The number of hydrogen-bond donors (Lipinski definition) is 2. The van der Waals surface area contributed by atoms with Crippen molar-refractivity contribution in [1.82, 2.24) is 14.6 Å². The molecule has 19 heavy (non-hydrogen) atoms. The smallest absolute Gasteiger partial charge is 0.245 e. The highest BCUT2D eigenvalue weighted by Crippen LogP contribution is 2.00. The third kappa shape index (κ3) is 4.77. The van der Waals surface area contributed by atoms with Gasteiger partial charge in [0.25, 0.3) is 0 Å². The van der Waals surface area contributed by atoms with Crippen LogP contribution in [-0.2, 0) is 10.0 Å². The number of aromatic amines is 1. The molecule has 0 aromatic carbocycles. The monoisotopic (exact) mass is 287 g/mol. The topological polar surface area (TPSA) is 82.3 Å². The maximum Gasteiger partial charge on any atom is 0.245 e. The van der Waals surface area contributed by atoms with E-state index < -0.39 is 15.5 Å². The molecule has 0 saturated carbocycles. The van der Waals surface area contributed by atoms with Crippen LogP contribution in [0.25, 0.3) is 0 Å². The minimum absolute atomic E-state index is 0.243. The molecule has 0 fully saturated rings. The lowest BCUT2D eigenvalue weighted by Gasteiger charge is -2.20. The van der Waals surface area contributed by atoms with Gasteiger partial charge in [-0.05, 0) is 33.9 Å². The van der Waals surface area contributed by atoms with E-state index in [0.717, 1.165) is 6.54 Å². The third-order valence-electron chi connectivity index (χ3n) is 2.94. The fraction of sp³-hybridized carbons (Fsp3) is 0.583. The lowest BCUT2D eigenvalue weighted by molar-refractivity contribution is 0.271. The minimum Gasteiger partial charge on any atom is -0.366 e. The van der Waals surface area contributed by atoms with Crippen molar-refractivity contribution in [3.05, 3.63) is 28.7 Å². The van der Waals surface area contributed by atoms with Crippen LogP contribution in [0.5, 0.6) is 0 Å². The van der Waals surface area contributed by atoms with Crippen LogP contribution in [0.3, 0.4) is 0 Å². The maximum atomic E-state index is 11.9. The molecule has 0 amide bonds. The first-order chi connectivity index (χ1) is 8.84. The molecule has 1 heterocycles. The number of H-pyrrole nitrogens is 1. The van der Waals surface area contributed by atoms with Gasteiger partial charge in [-0.2, -0.15) is 0 Å². The van der Waals surface area contributed by atoms with Crippen LogP contribution in [0.4, 0.5) is 0 Å². The molecule has 0 atom stereocenters. The zero-order valence-corrected chi connectivity index (χ0v) is 12.3. The van der Waals surface area contributed by atoms with Crippen molar-refractivity contribution < 1.29 is 8.42 Å². The standard InChI is InChI=1S/C12H21N3O3S/c1-10(2)15(3)8-4-6-14-19(17,18)12-9-13-7-5-11(12)16/h5,7,9-10,14H,4,6,8H2,1-3H3,(H,13,16). The Morgan fingerprint density at radius 1 is 1.42 bits per heavy atom. The van der Waals surface area contributed by atoms with Crippen molar-refractivity contribution in [3.8, 4) is 0 Å². The van der Waals surface area contributed by atoms with Crippen molar-refractivity contribution in [1.29, 1.82) is 0 Å². The summed E-state index contributed by atoms with van der Waals surface area (Å²) in [5, 5.41) is 0. The normalized spacial score (nSPS) is 12.3. The third-order valence-corrected chi connectivity index (χ3v) is 4.42. The Morgan fingerprint density at radius 3 is 2.68 bits per heavy atom. The van der Waals surface area contributed by atoms with E-state index in [9.17, 15) is 13.2 Å². The number of nitrogens with zero attached hydrogens (tertiary/aromatic N) is 1. The molecule has 0 aliphatic heterocycles. The van der Waals surface area contributed by atoms with E-state index >= 15 is 0 Å². The molecule has 0 spiro atoms. The average Bonchev–Trinajstić information content (AvgIpc) is 2.34. The SMILES string of the molecule is CC(C)N(C)CCCNS(=O)(=O)c1c[nH]ccc1=O. The first-order valence-corrected chi connectivity index (χ1v) is 7.70. The second-order valence-corrected chi connectivity index (χ2v) is 6.43. The van der Waals surface area contributed by atoms with Gasteiger partial charge < -0.3 is 9.88 Å². The summed E-state index contributed by atoms with van der Waals surface area (Å²) in [5.74, 6) is 0. The molecule has 1 aromatic heterocycles. The molecule has 108 valence electrons. The van der Waals surface area contributed by atoms with E-state index in [2.05, 4.69) is 28.5 Å². The van der Waals surface area contributed by atoms with Crippen LogP contribution < -0.4 is 10.2 Å². The number of sulfonamides is 1. The van der Waals surface area contributed by atoms with Gasteiger partial charge >= 0.3 is 0 Å². The van der Waals surface area contributed by atoms with Crippen LogP contribution in [0.15, 0.2) is 28.2 Å². The molecule has 6 nitrogen and oxygen atoms in total. The Labute approximate surface area is 113 Å². The highest BCUT2D eigenvalue weighted by atomic mass is 32.2. The van der Waals surface area contributed by atoms with Crippen LogP contribution in [0.1, 0.15) is 20.3 Å². The lowest BCUT2D eigenvalue weighted by Crippen LogP contribution is -2.32. The highest BCUT2D eigenvalue weighted by molar-refractivity contribution is 7.89. The zero-order valence-electron chi connectivity index (χ0n) is 11.5. The fourth-order valence-corrected chi connectivity index (χ4v) is 2.61. The van der Waals surface area contributed by atoms with Gasteiger partial charge in [0, 0.05) is 31.0 Å². The van der Waals surface area contributed by atoms with E-state index in [0.29, 0.717) is 19.0 Å². The largest absolute Gasteiger partial charge is 0.366 e. The Bertz CT molecular complexity index is 551. The summed E-state index contributed by atoms with van der Waals surface area (Å²) < 4.78 is 26.2. The second kappa shape index (κ2) is 6.83. The predicted molar refractivity (Wildman–Crippen MR) is 74.6 cm³/mol.